The maximum Gasteiger partial charge on any atom is 0.232 e. The molecule has 0 saturated carbocycles. The molecule has 0 amide bonds. The SMILES string of the molecule is [B]c1cnc2ccc(OC(C)CCCN(CC)CC)nn12. The molecule has 21 heavy (non-hydrogen) atoms. The monoisotopic (exact) mass is 286 g/mol. The van der Waals surface area contributed by atoms with Crippen molar-refractivity contribution >= 4 is 19.1 Å². The van der Waals surface area contributed by atoms with Crippen LogP contribution in [0.4, 0.5) is 0 Å². The first-order chi connectivity index (χ1) is 10.1. The van der Waals surface area contributed by atoms with Gasteiger partial charge in [0.2, 0.25) is 5.88 Å². The first-order valence-electron chi connectivity index (χ1n) is 7.63. The molecule has 0 aliphatic heterocycles. The third-order valence-corrected chi connectivity index (χ3v) is 3.67. The lowest BCUT2D eigenvalue weighted by Crippen LogP contribution is -2.25. The van der Waals surface area contributed by atoms with Gasteiger partial charge in [-0.25, -0.2) is 9.50 Å². The van der Waals surface area contributed by atoms with E-state index in [4.69, 9.17) is 12.6 Å². The van der Waals surface area contributed by atoms with Crippen molar-refractivity contribution in [2.24, 2.45) is 0 Å². The number of hydrogen-bond donors (Lipinski definition) is 0. The zero-order chi connectivity index (χ0) is 15.2. The third kappa shape index (κ3) is 4.20. The molecule has 112 valence electrons. The minimum absolute atomic E-state index is 0.134. The molecule has 6 heteroatoms. The number of fused-ring (bicyclic) bond motifs is 1. The van der Waals surface area contributed by atoms with E-state index in [1.54, 1.807) is 10.7 Å². The van der Waals surface area contributed by atoms with Crippen LogP contribution in [0.25, 0.3) is 5.65 Å². The lowest BCUT2D eigenvalue weighted by molar-refractivity contribution is 0.186. The zero-order valence-electron chi connectivity index (χ0n) is 13.1. The first-order valence-corrected chi connectivity index (χ1v) is 7.63. The average molecular weight is 286 g/mol. The highest BCUT2D eigenvalue weighted by atomic mass is 16.5. The van der Waals surface area contributed by atoms with E-state index in [1.165, 1.54) is 0 Å². The highest BCUT2D eigenvalue weighted by Gasteiger charge is 2.08. The number of aromatic nitrogens is 3. The Balaban J connectivity index is 1.86. The summed E-state index contributed by atoms with van der Waals surface area (Å²) in [6.07, 6.45) is 3.86. The van der Waals surface area contributed by atoms with E-state index in [0.29, 0.717) is 11.5 Å². The fraction of sp³-hybridized carbons (Fsp3) is 0.600. The Kier molecular flexibility index (Phi) is 5.62. The Labute approximate surface area is 127 Å². The average Bonchev–Trinajstić information content (AvgIpc) is 2.85. The second-order valence-corrected chi connectivity index (χ2v) is 5.22. The van der Waals surface area contributed by atoms with Crippen LogP contribution in [0.5, 0.6) is 5.88 Å². The van der Waals surface area contributed by atoms with E-state index < -0.39 is 0 Å². The van der Waals surface area contributed by atoms with Crippen LogP contribution in [-0.4, -0.2) is 53.1 Å². The van der Waals surface area contributed by atoms with Crippen LogP contribution in [0.2, 0.25) is 0 Å². The Hall–Kier alpha value is -1.56. The number of imidazole rings is 1. The Bertz CT molecular complexity index is 568. The van der Waals surface area contributed by atoms with E-state index in [1.807, 2.05) is 12.1 Å². The van der Waals surface area contributed by atoms with Gasteiger partial charge in [0.25, 0.3) is 0 Å². The van der Waals surface area contributed by atoms with Gasteiger partial charge in [0.1, 0.15) is 7.85 Å². The van der Waals surface area contributed by atoms with Crippen LogP contribution in [-0.2, 0) is 0 Å². The molecule has 1 atom stereocenters. The molecule has 0 aliphatic carbocycles. The second kappa shape index (κ2) is 7.45. The van der Waals surface area contributed by atoms with Crippen molar-refractivity contribution in [2.75, 3.05) is 19.6 Å². The Morgan fingerprint density at radius 2 is 2.10 bits per heavy atom. The predicted molar refractivity (Wildman–Crippen MR) is 85.5 cm³/mol. The van der Waals surface area contributed by atoms with Gasteiger partial charge in [0.05, 0.1) is 6.10 Å². The predicted octanol–water partition coefficient (Wildman–Crippen LogP) is 1.41. The zero-order valence-corrected chi connectivity index (χ0v) is 13.1. The minimum Gasteiger partial charge on any atom is -0.474 e. The Morgan fingerprint density at radius 1 is 1.33 bits per heavy atom. The van der Waals surface area contributed by atoms with Gasteiger partial charge < -0.3 is 9.64 Å². The molecule has 0 fully saturated rings. The van der Waals surface area contributed by atoms with Gasteiger partial charge in [-0.2, -0.15) is 0 Å². The number of ether oxygens (including phenoxy) is 1. The molecular formula is C15H23BN4O. The summed E-state index contributed by atoms with van der Waals surface area (Å²) >= 11 is 0. The van der Waals surface area contributed by atoms with Crippen LogP contribution >= 0.6 is 0 Å². The van der Waals surface area contributed by atoms with Crippen LogP contribution in [0.3, 0.4) is 0 Å². The van der Waals surface area contributed by atoms with E-state index in [-0.39, 0.29) is 6.10 Å². The molecule has 0 spiro atoms. The van der Waals surface area contributed by atoms with Gasteiger partial charge in [-0.15, -0.1) is 5.10 Å². The van der Waals surface area contributed by atoms with Gasteiger partial charge in [0.15, 0.2) is 5.65 Å². The van der Waals surface area contributed by atoms with Gasteiger partial charge >= 0.3 is 0 Å². The van der Waals surface area contributed by atoms with Crippen molar-refractivity contribution < 1.29 is 4.74 Å². The summed E-state index contributed by atoms with van der Waals surface area (Å²) in [7, 11) is 5.80. The summed E-state index contributed by atoms with van der Waals surface area (Å²) < 4.78 is 7.46. The number of hydrogen-bond acceptors (Lipinski definition) is 4. The van der Waals surface area contributed by atoms with Gasteiger partial charge in [-0.05, 0) is 45.5 Å². The largest absolute Gasteiger partial charge is 0.474 e. The topological polar surface area (TPSA) is 42.7 Å². The lowest BCUT2D eigenvalue weighted by atomic mass is 10.1. The molecule has 5 nitrogen and oxygen atoms in total. The van der Waals surface area contributed by atoms with E-state index in [0.717, 1.165) is 38.1 Å². The van der Waals surface area contributed by atoms with Gasteiger partial charge in [-0.3, -0.25) is 0 Å². The normalized spacial score (nSPS) is 13.0. The molecule has 0 aromatic carbocycles. The lowest BCUT2D eigenvalue weighted by Gasteiger charge is -2.19. The second-order valence-electron chi connectivity index (χ2n) is 5.22. The van der Waals surface area contributed by atoms with E-state index in [9.17, 15) is 0 Å². The van der Waals surface area contributed by atoms with Crippen LogP contribution < -0.4 is 10.3 Å². The summed E-state index contributed by atoms with van der Waals surface area (Å²) in [5, 5.41) is 4.35. The van der Waals surface area contributed by atoms with Crippen molar-refractivity contribution in [1.82, 2.24) is 19.5 Å². The molecule has 1 unspecified atom stereocenters. The van der Waals surface area contributed by atoms with Crippen molar-refractivity contribution in [2.45, 2.75) is 39.7 Å². The highest BCUT2D eigenvalue weighted by Crippen LogP contribution is 2.11. The maximum absolute atomic E-state index is 5.86. The summed E-state index contributed by atoms with van der Waals surface area (Å²) in [6, 6.07) is 3.70. The molecule has 2 heterocycles. The fourth-order valence-electron chi connectivity index (χ4n) is 2.34. The van der Waals surface area contributed by atoms with Crippen LogP contribution in [0.1, 0.15) is 33.6 Å². The van der Waals surface area contributed by atoms with Gasteiger partial charge in [-0.1, -0.05) is 13.8 Å². The highest BCUT2D eigenvalue weighted by molar-refractivity contribution is 6.30. The van der Waals surface area contributed by atoms with Crippen molar-refractivity contribution in [1.29, 1.82) is 0 Å². The fourth-order valence-corrected chi connectivity index (χ4v) is 2.34. The maximum atomic E-state index is 5.86. The molecule has 0 N–H and O–H groups in total. The Morgan fingerprint density at radius 3 is 2.81 bits per heavy atom. The summed E-state index contributed by atoms with van der Waals surface area (Å²) in [5.41, 5.74) is 1.25. The number of rotatable bonds is 8. The first kappa shape index (κ1) is 15.8. The molecule has 0 bridgehead atoms. The molecule has 2 radical (unpaired) electrons. The standard InChI is InChI=1S/C15H23BN4O/c1-4-19(5-2)10-6-7-12(3)21-15-9-8-14-17-11-13(16)20(14)18-15/h8-9,11-12H,4-7,10H2,1-3H3. The molecule has 0 aliphatic rings. The van der Waals surface area contributed by atoms with Gasteiger partial charge in [0, 0.05) is 17.9 Å². The molecule has 2 aromatic heterocycles. The molecule has 0 saturated heterocycles. The van der Waals surface area contributed by atoms with E-state index >= 15 is 0 Å². The van der Waals surface area contributed by atoms with Crippen LogP contribution in [0.15, 0.2) is 18.3 Å². The smallest absolute Gasteiger partial charge is 0.232 e. The third-order valence-electron chi connectivity index (χ3n) is 3.67. The van der Waals surface area contributed by atoms with E-state index in [2.05, 4.69) is 35.8 Å². The number of nitrogens with zero attached hydrogens (tertiary/aromatic N) is 4. The summed E-state index contributed by atoms with van der Waals surface area (Å²) in [6.45, 7) is 9.77. The summed E-state index contributed by atoms with van der Waals surface area (Å²) in [4.78, 5) is 6.56. The molecule has 2 rings (SSSR count). The van der Waals surface area contributed by atoms with Crippen LogP contribution in [0, 0.1) is 0 Å². The molecular weight excluding hydrogens is 263 g/mol. The molecule has 2 aromatic rings. The van der Waals surface area contributed by atoms with Crippen molar-refractivity contribution in [3.05, 3.63) is 18.3 Å². The quantitative estimate of drug-likeness (QED) is 0.688. The summed E-state index contributed by atoms with van der Waals surface area (Å²) in [5.74, 6) is 0.586. The minimum atomic E-state index is 0.134. The van der Waals surface area contributed by atoms with Crippen molar-refractivity contribution in [3.63, 3.8) is 0 Å². The van der Waals surface area contributed by atoms with Crippen molar-refractivity contribution in [3.8, 4) is 5.88 Å².